The maximum Gasteiger partial charge on any atom is 0.449 e. The second kappa shape index (κ2) is 8.82. The summed E-state index contributed by atoms with van der Waals surface area (Å²) in [6.07, 6.45) is -8.68. The molecule has 1 fully saturated rings. The summed E-state index contributed by atoms with van der Waals surface area (Å²) in [7, 11) is 0. The highest BCUT2D eigenvalue weighted by Crippen LogP contribution is 2.34. The van der Waals surface area contributed by atoms with Gasteiger partial charge in [0.15, 0.2) is 0 Å². The molecule has 1 aromatic carbocycles. The smallest absolute Gasteiger partial charge is 0.352 e. The molecule has 0 spiro atoms. The Hall–Kier alpha value is -3.28. The molecule has 1 amide bonds. The average Bonchev–Trinajstić information content (AvgIpc) is 3.25. The Bertz CT molecular complexity index is 1190. The van der Waals surface area contributed by atoms with Gasteiger partial charge >= 0.3 is 12.4 Å². The molecular weight excluding hydrogens is 488 g/mol. The lowest BCUT2D eigenvalue weighted by molar-refractivity contribution is -0.144. The molecule has 1 saturated heterocycles. The van der Waals surface area contributed by atoms with Crippen molar-refractivity contribution in [1.82, 2.24) is 19.9 Å². The van der Waals surface area contributed by atoms with Crippen molar-refractivity contribution in [1.29, 1.82) is 0 Å². The lowest BCUT2D eigenvalue weighted by atomic mass is 10.1. The van der Waals surface area contributed by atoms with Crippen molar-refractivity contribution < 1.29 is 31.1 Å². The Balaban J connectivity index is 1.54. The van der Waals surface area contributed by atoms with Gasteiger partial charge in [-0.25, -0.2) is 9.97 Å². The van der Waals surface area contributed by atoms with Gasteiger partial charge < -0.3 is 14.8 Å². The molecule has 2 aromatic heterocycles. The van der Waals surface area contributed by atoms with Gasteiger partial charge in [0.25, 0.3) is 5.91 Å². The molecular formula is C21H16ClF6N5O. The normalized spacial score (nSPS) is 15.0. The number of nitrogens with one attached hydrogen (secondary N) is 1. The van der Waals surface area contributed by atoms with E-state index in [1.54, 1.807) is 35.2 Å². The number of anilines is 1. The predicted octanol–water partition coefficient (Wildman–Crippen LogP) is 5.13. The summed E-state index contributed by atoms with van der Waals surface area (Å²) < 4.78 is 78.3. The zero-order valence-corrected chi connectivity index (χ0v) is 18.0. The zero-order chi connectivity index (χ0) is 24.7. The minimum absolute atomic E-state index is 0.0897. The number of alkyl halides is 6. The second-order valence-corrected chi connectivity index (χ2v) is 7.89. The van der Waals surface area contributed by atoms with Crippen molar-refractivity contribution in [3.8, 4) is 11.3 Å². The molecule has 180 valence electrons. The summed E-state index contributed by atoms with van der Waals surface area (Å²) in [5.41, 5.74) is -1.05. The number of carbonyl (C=O) groups is 1. The zero-order valence-electron chi connectivity index (χ0n) is 17.2. The third kappa shape index (κ3) is 4.81. The fourth-order valence-corrected chi connectivity index (χ4v) is 3.85. The number of H-pyrrole nitrogens is 1. The van der Waals surface area contributed by atoms with Gasteiger partial charge in [-0.05, 0) is 6.07 Å². The van der Waals surface area contributed by atoms with Crippen molar-refractivity contribution in [3.63, 3.8) is 0 Å². The average molecular weight is 504 g/mol. The van der Waals surface area contributed by atoms with E-state index in [2.05, 4.69) is 15.0 Å². The van der Waals surface area contributed by atoms with Crippen LogP contribution in [0.4, 0.5) is 32.2 Å². The molecule has 0 bridgehead atoms. The summed E-state index contributed by atoms with van der Waals surface area (Å²) in [4.78, 5) is 25.6. The molecule has 3 heterocycles. The van der Waals surface area contributed by atoms with Crippen LogP contribution < -0.4 is 4.90 Å². The molecule has 0 unspecified atom stereocenters. The Labute approximate surface area is 194 Å². The van der Waals surface area contributed by atoms with Crippen LogP contribution in [0.1, 0.15) is 21.9 Å². The highest BCUT2D eigenvalue weighted by atomic mass is 35.5. The number of aromatic nitrogens is 3. The number of imidazole rings is 1. The maximum absolute atomic E-state index is 13.3. The molecule has 1 N–H and O–H groups in total. The molecule has 0 saturated carbocycles. The maximum atomic E-state index is 13.3. The molecule has 0 aliphatic carbocycles. The predicted molar refractivity (Wildman–Crippen MR) is 111 cm³/mol. The minimum atomic E-state index is -4.77. The highest BCUT2D eigenvalue weighted by Gasteiger charge is 2.38. The first-order valence-electron chi connectivity index (χ1n) is 9.94. The van der Waals surface area contributed by atoms with Gasteiger partial charge in [-0.2, -0.15) is 26.3 Å². The summed E-state index contributed by atoms with van der Waals surface area (Å²) >= 11 is 5.99. The molecule has 1 aliphatic heterocycles. The summed E-state index contributed by atoms with van der Waals surface area (Å²) in [6.45, 7) is 0.522. The van der Waals surface area contributed by atoms with Gasteiger partial charge in [0.2, 0.25) is 5.82 Å². The first kappa shape index (κ1) is 23.9. The fraction of sp³-hybridized carbons (Fsp3) is 0.286. The van der Waals surface area contributed by atoms with Crippen LogP contribution in [-0.4, -0.2) is 51.9 Å². The number of halogens is 7. The van der Waals surface area contributed by atoms with E-state index in [1.807, 2.05) is 0 Å². The standard InChI is InChI=1S/C21H16ClF6N5O/c22-14-10-13(20(23,24)25)11-29-17(14)32-6-8-33(9-7-32)18(34)16-15(12-4-2-1-3-5-12)30-19(31-16)21(26,27)28/h1-5,10-11H,6-9H2,(H,30,31). The lowest BCUT2D eigenvalue weighted by Crippen LogP contribution is -2.49. The van der Waals surface area contributed by atoms with E-state index in [4.69, 9.17) is 11.6 Å². The monoisotopic (exact) mass is 503 g/mol. The van der Waals surface area contributed by atoms with Crippen molar-refractivity contribution >= 4 is 23.3 Å². The number of benzene rings is 1. The summed E-state index contributed by atoms with van der Waals surface area (Å²) in [5, 5.41) is -0.190. The van der Waals surface area contributed by atoms with Crippen LogP contribution in [0.3, 0.4) is 0 Å². The first-order chi connectivity index (χ1) is 15.9. The van der Waals surface area contributed by atoms with Crippen molar-refractivity contribution in [3.05, 3.63) is 64.7 Å². The number of rotatable bonds is 3. The summed E-state index contributed by atoms with van der Waals surface area (Å²) in [6, 6.07) is 8.78. The van der Waals surface area contributed by atoms with Crippen LogP contribution in [0.5, 0.6) is 0 Å². The van der Waals surface area contributed by atoms with Gasteiger partial charge in [-0.1, -0.05) is 41.9 Å². The number of carbonyl (C=O) groups excluding carboxylic acids is 1. The Morgan fingerprint density at radius 1 is 0.971 bits per heavy atom. The molecule has 13 heteroatoms. The Kier molecular flexibility index (Phi) is 6.19. The molecule has 6 nitrogen and oxygen atoms in total. The second-order valence-electron chi connectivity index (χ2n) is 7.48. The molecule has 4 rings (SSSR count). The third-order valence-corrected chi connectivity index (χ3v) is 5.53. The van der Waals surface area contributed by atoms with Crippen molar-refractivity contribution in [2.75, 3.05) is 31.1 Å². The minimum Gasteiger partial charge on any atom is -0.352 e. The van der Waals surface area contributed by atoms with Crippen molar-refractivity contribution in [2.45, 2.75) is 12.4 Å². The number of hydrogen-bond acceptors (Lipinski definition) is 4. The number of amides is 1. The fourth-order valence-electron chi connectivity index (χ4n) is 3.57. The third-order valence-electron chi connectivity index (χ3n) is 5.25. The Morgan fingerprint density at radius 2 is 1.62 bits per heavy atom. The first-order valence-corrected chi connectivity index (χ1v) is 10.3. The van der Waals surface area contributed by atoms with Gasteiger partial charge in [0.05, 0.1) is 10.6 Å². The number of nitrogens with zero attached hydrogens (tertiary/aromatic N) is 4. The van der Waals surface area contributed by atoms with Crippen LogP contribution in [0, 0.1) is 0 Å². The molecule has 34 heavy (non-hydrogen) atoms. The van der Waals surface area contributed by atoms with E-state index >= 15 is 0 Å². The molecule has 0 atom stereocenters. The van der Waals surface area contributed by atoms with E-state index in [9.17, 15) is 31.1 Å². The van der Waals surface area contributed by atoms with Crippen LogP contribution in [0.15, 0.2) is 42.6 Å². The van der Waals surface area contributed by atoms with Gasteiger partial charge in [-0.3, -0.25) is 4.79 Å². The van der Waals surface area contributed by atoms with E-state index in [0.29, 0.717) is 11.8 Å². The van der Waals surface area contributed by atoms with E-state index < -0.39 is 29.6 Å². The van der Waals surface area contributed by atoms with Crippen LogP contribution >= 0.6 is 11.6 Å². The van der Waals surface area contributed by atoms with E-state index in [1.165, 1.54) is 4.90 Å². The lowest BCUT2D eigenvalue weighted by Gasteiger charge is -2.35. The highest BCUT2D eigenvalue weighted by molar-refractivity contribution is 6.33. The van der Waals surface area contributed by atoms with E-state index in [0.717, 1.165) is 6.07 Å². The molecule has 0 radical (unpaired) electrons. The molecule has 3 aromatic rings. The van der Waals surface area contributed by atoms with Crippen LogP contribution in [0.25, 0.3) is 11.3 Å². The number of pyridine rings is 1. The number of aromatic amines is 1. The molecule has 1 aliphatic rings. The largest absolute Gasteiger partial charge is 0.449 e. The quantitative estimate of drug-likeness (QED) is 0.504. The van der Waals surface area contributed by atoms with Gasteiger partial charge in [0.1, 0.15) is 17.2 Å². The van der Waals surface area contributed by atoms with Crippen LogP contribution in [0.2, 0.25) is 5.02 Å². The van der Waals surface area contributed by atoms with Gasteiger partial charge in [-0.15, -0.1) is 0 Å². The summed E-state index contributed by atoms with van der Waals surface area (Å²) in [5.74, 6) is -1.82. The van der Waals surface area contributed by atoms with E-state index in [-0.39, 0.29) is 48.4 Å². The Morgan fingerprint density at radius 3 is 2.18 bits per heavy atom. The van der Waals surface area contributed by atoms with Crippen molar-refractivity contribution in [2.24, 2.45) is 0 Å². The number of hydrogen-bond donors (Lipinski definition) is 1. The van der Waals surface area contributed by atoms with Crippen LogP contribution in [-0.2, 0) is 12.4 Å². The topological polar surface area (TPSA) is 65.1 Å². The SMILES string of the molecule is O=C(c1[nH]c(C(F)(F)F)nc1-c1ccccc1)N1CCN(c2ncc(C(F)(F)F)cc2Cl)CC1. The van der Waals surface area contributed by atoms with Gasteiger partial charge in [0, 0.05) is 37.9 Å². The number of piperazine rings is 1.